The molecule has 0 atom stereocenters. The number of carbonyl (C=O) groups excluding carboxylic acids is 1. The van der Waals surface area contributed by atoms with Gasteiger partial charge in [0.15, 0.2) is 5.88 Å². The van der Waals surface area contributed by atoms with Gasteiger partial charge in [0.25, 0.3) is 0 Å². The van der Waals surface area contributed by atoms with Crippen molar-refractivity contribution >= 4 is 17.8 Å². The summed E-state index contributed by atoms with van der Waals surface area (Å²) in [6.45, 7) is 2.51. The monoisotopic (exact) mass is 226 g/mol. The Labute approximate surface area is 92.8 Å². The van der Waals surface area contributed by atoms with Gasteiger partial charge in [0.05, 0.1) is 6.54 Å². The Morgan fingerprint density at radius 3 is 2.69 bits per heavy atom. The van der Waals surface area contributed by atoms with E-state index in [0.717, 1.165) is 0 Å². The first-order valence-electron chi connectivity index (χ1n) is 4.85. The Balaban J connectivity index is 2.62. The number of carbonyl (C=O) groups is 2. The Hall–Kier alpha value is -1.98. The van der Waals surface area contributed by atoms with Crippen LogP contribution in [0.5, 0.6) is 0 Å². The van der Waals surface area contributed by atoms with E-state index in [4.69, 9.17) is 9.52 Å². The van der Waals surface area contributed by atoms with Gasteiger partial charge in [-0.1, -0.05) is 0 Å². The van der Waals surface area contributed by atoms with Gasteiger partial charge in [-0.25, -0.2) is 4.79 Å². The zero-order valence-corrected chi connectivity index (χ0v) is 9.19. The van der Waals surface area contributed by atoms with Gasteiger partial charge in [-0.05, 0) is 13.0 Å². The van der Waals surface area contributed by atoms with Crippen molar-refractivity contribution in [3.63, 3.8) is 0 Å². The van der Waals surface area contributed by atoms with Crippen molar-refractivity contribution < 1.29 is 19.1 Å². The predicted molar refractivity (Wildman–Crippen MR) is 57.6 cm³/mol. The molecule has 2 N–H and O–H groups in total. The number of nitrogens with zero attached hydrogens (tertiary/aromatic N) is 1. The van der Waals surface area contributed by atoms with Gasteiger partial charge in [0, 0.05) is 19.7 Å². The molecule has 16 heavy (non-hydrogen) atoms. The molecule has 1 rings (SSSR count). The second-order valence-corrected chi connectivity index (χ2v) is 3.25. The Morgan fingerprint density at radius 1 is 1.50 bits per heavy atom. The zero-order valence-electron chi connectivity index (χ0n) is 9.19. The van der Waals surface area contributed by atoms with Crippen LogP contribution in [0.4, 0.5) is 5.88 Å². The molecule has 1 amide bonds. The number of amides is 1. The number of furan rings is 1. The summed E-state index contributed by atoms with van der Waals surface area (Å²) in [7, 11) is 1.65. The van der Waals surface area contributed by atoms with Crippen molar-refractivity contribution in [2.75, 3.05) is 25.0 Å². The molecule has 0 aliphatic carbocycles. The maximum absolute atomic E-state index is 11.3. The van der Waals surface area contributed by atoms with Gasteiger partial charge in [-0.2, -0.15) is 0 Å². The second kappa shape index (κ2) is 5.20. The summed E-state index contributed by atoms with van der Waals surface area (Å²) >= 11 is 0. The minimum absolute atomic E-state index is 0.125. The molecule has 6 heteroatoms. The molecule has 0 aromatic carbocycles. The number of carboxylic acids is 1. The van der Waals surface area contributed by atoms with E-state index in [9.17, 15) is 9.59 Å². The Bertz CT molecular complexity index is 386. The summed E-state index contributed by atoms with van der Waals surface area (Å²) in [5.41, 5.74) is 0. The second-order valence-electron chi connectivity index (χ2n) is 3.25. The van der Waals surface area contributed by atoms with E-state index in [0.29, 0.717) is 12.4 Å². The molecular formula is C10H14N2O4. The highest BCUT2D eigenvalue weighted by molar-refractivity contribution is 5.85. The number of anilines is 1. The lowest BCUT2D eigenvalue weighted by atomic mass is 10.4. The molecular weight excluding hydrogens is 212 g/mol. The highest BCUT2D eigenvalue weighted by Gasteiger charge is 2.13. The molecule has 88 valence electrons. The van der Waals surface area contributed by atoms with Crippen LogP contribution in [-0.4, -0.2) is 37.1 Å². The van der Waals surface area contributed by atoms with Crippen LogP contribution >= 0.6 is 0 Å². The lowest BCUT2D eigenvalue weighted by Gasteiger charge is -2.14. The van der Waals surface area contributed by atoms with E-state index in [1.807, 2.05) is 6.92 Å². The standard InChI is InChI=1S/C10H14N2O4/c1-3-11-8(13)6-12(2)9-5-4-7(16-9)10(14)15/h4-5H,3,6H2,1-2H3,(H,11,13)(H,14,15). The maximum Gasteiger partial charge on any atom is 0.371 e. The van der Waals surface area contributed by atoms with Crippen LogP contribution in [0.2, 0.25) is 0 Å². The molecule has 0 saturated carbocycles. The SMILES string of the molecule is CCNC(=O)CN(C)c1ccc(C(=O)O)o1. The predicted octanol–water partition coefficient (Wildman–Crippen LogP) is 0.550. The topological polar surface area (TPSA) is 82.8 Å². The first kappa shape index (κ1) is 12.1. The highest BCUT2D eigenvalue weighted by atomic mass is 16.4. The maximum atomic E-state index is 11.3. The number of carboxylic acid groups (broad SMARTS) is 1. The van der Waals surface area contributed by atoms with Crippen LogP contribution in [0.15, 0.2) is 16.5 Å². The lowest BCUT2D eigenvalue weighted by Crippen LogP contribution is -2.34. The molecule has 0 aliphatic heterocycles. The van der Waals surface area contributed by atoms with E-state index >= 15 is 0 Å². The van der Waals surface area contributed by atoms with Gasteiger partial charge < -0.3 is 19.7 Å². The van der Waals surface area contributed by atoms with Gasteiger partial charge >= 0.3 is 5.97 Å². The smallest absolute Gasteiger partial charge is 0.371 e. The van der Waals surface area contributed by atoms with Gasteiger partial charge in [-0.3, -0.25) is 4.79 Å². The Kier molecular flexibility index (Phi) is 3.93. The largest absolute Gasteiger partial charge is 0.475 e. The molecule has 0 spiro atoms. The molecule has 6 nitrogen and oxygen atoms in total. The van der Waals surface area contributed by atoms with E-state index in [1.54, 1.807) is 7.05 Å². The average Bonchev–Trinajstić information content (AvgIpc) is 2.66. The third kappa shape index (κ3) is 3.01. The van der Waals surface area contributed by atoms with Crippen molar-refractivity contribution in [1.82, 2.24) is 5.32 Å². The number of aromatic carboxylic acids is 1. The average molecular weight is 226 g/mol. The highest BCUT2D eigenvalue weighted by Crippen LogP contribution is 2.16. The molecule has 1 aromatic rings. The lowest BCUT2D eigenvalue weighted by molar-refractivity contribution is -0.119. The number of likely N-dealkylation sites (N-methyl/N-ethyl adjacent to an activating group) is 2. The number of hydrogen-bond acceptors (Lipinski definition) is 4. The van der Waals surface area contributed by atoms with Crippen molar-refractivity contribution in [2.45, 2.75) is 6.92 Å². The first-order valence-corrected chi connectivity index (χ1v) is 4.85. The normalized spacial score (nSPS) is 9.88. The van der Waals surface area contributed by atoms with Crippen LogP contribution in [0, 0.1) is 0 Å². The van der Waals surface area contributed by atoms with E-state index < -0.39 is 5.97 Å². The van der Waals surface area contributed by atoms with Crippen LogP contribution in [0.1, 0.15) is 17.5 Å². The molecule has 0 radical (unpaired) electrons. The molecule has 0 saturated heterocycles. The van der Waals surface area contributed by atoms with Crippen molar-refractivity contribution in [3.05, 3.63) is 17.9 Å². The van der Waals surface area contributed by atoms with Crippen molar-refractivity contribution in [3.8, 4) is 0 Å². The van der Waals surface area contributed by atoms with Gasteiger partial charge in [0.1, 0.15) is 0 Å². The van der Waals surface area contributed by atoms with Gasteiger partial charge in [-0.15, -0.1) is 0 Å². The molecule has 1 aromatic heterocycles. The zero-order chi connectivity index (χ0) is 12.1. The van der Waals surface area contributed by atoms with Crippen molar-refractivity contribution in [2.24, 2.45) is 0 Å². The summed E-state index contributed by atoms with van der Waals surface area (Å²) in [6, 6.07) is 2.87. The van der Waals surface area contributed by atoms with Crippen LogP contribution < -0.4 is 10.2 Å². The van der Waals surface area contributed by atoms with E-state index in [2.05, 4.69) is 5.32 Å². The van der Waals surface area contributed by atoms with E-state index in [-0.39, 0.29) is 18.2 Å². The summed E-state index contributed by atoms with van der Waals surface area (Å²) in [5.74, 6) is -1.06. The third-order valence-electron chi connectivity index (χ3n) is 1.93. The van der Waals surface area contributed by atoms with Crippen LogP contribution in [0.25, 0.3) is 0 Å². The molecule has 0 aliphatic rings. The summed E-state index contributed by atoms with van der Waals surface area (Å²) in [5, 5.41) is 11.3. The minimum Gasteiger partial charge on any atom is -0.475 e. The summed E-state index contributed by atoms with van der Waals surface area (Å²) in [6.07, 6.45) is 0. The van der Waals surface area contributed by atoms with Crippen LogP contribution in [0.3, 0.4) is 0 Å². The molecule has 0 fully saturated rings. The quantitative estimate of drug-likeness (QED) is 0.766. The minimum atomic E-state index is -1.13. The van der Waals surface area contributed by atoms with Gasteiger partial charge in [0.2, 0.25) is 11.7 Å². The summed E-state index contributed by atoms with van der Waals surface area (Å²) in [4.78, 5) is 23.4. The fourth-order valence-corrected chi connectivity index (χ4v) is 1.19. The molecule has 0 bridgehead atoms. The third-order valence-corrected chi connectivity index (χ3v) is 1.93. The van der Waals surface area contributed by atoms with Crippen LogP contribution in [-0.2, 0) is 4.79 Å². The molecule has 0 unspecified atom stereocenters. The number of nitrogens with one attached hydrogen (secondary N) is 1. The number of hydrogen-bond donors (Lipinski definition) is 2. The van der Waals surface area contributed by atoms with Crippen molar-refractivity contribution in [1.29, 1.82) is 0 Å². The Morgan fingerprint density at radius 2 is 2.19 bits per heavy atom. The molecule has 1 heterocycles. The van der Waals surface area contributed by atoms with E-state index in [1.165, 1.54) is 17.0 Å². The fraction of sp³-hybridized carbons (Fsp3) is 0.400. The first-order chi connectivity index (χ1) is 7.54. The number of rotatable bonds is 5. The fourth-order valence-electron chi connectivity index (χ4n) is 1.19. The summed E-state index contributed by atoms with van der Waals surface area (Å²) < 4.78 is 5.03.